The fourth-order valence-corrected chi connectivity index (χ4v) is 2.91. The van der Waals surface area contributed by atoms with E-state index in [1.54, 1.807) is 0 Å². The molecule has 0 fully saturated rings. The number of aryl methyl sites for hydroxylation is 2. The molecule has 0 aliphatic heterocycles. The summed E-state index contributed by atoms with van der Waals surface area (Å²) in [6.07, 6.45) is 0. The molecular weight excluding hydrogens is 356 g/mol. The first-order valence-electron chi connectivity index (χ1n) is 7.60. The second-order valence-corrected chi connectivity index (χ2v) is 6.53. The standard InChI is InChI=1S/C16H18F4N4S/c1-4-21-16(23-7-13-24-8(2)9(3)25-13)22-6-10-14(19)11(17)5-12(18)15(10)20/h5H,4,6-7H2,1-3H3,(H2,21,22,23). The largest absolute Gasteiger partial charge is 0.357 e. The Hall–Kier alpha value is -2.16. The molecule has 0 saturated heterocycles. The van der Waals surface area contributed by atoms with E-state index in [4.69, 9.17) is 0 Å². The fraction of sp³-hybridized carbons (Fsp3) is 0.375. The Balaban J connectivity index is 2.14. The number of benzene rings is 1. The van der Waals surface area contributed by atoms with Crippen LogP contribution in [0.15, 0.2) is 11.1 Å². The Labute approximate surface area is 147 Å². The van der Waals surface area contributed by atoms with Crippen molar-refractivity contribution in [3.63, 3.8) is 0 Å². The lowest BCUT2D eigenvalue weighted by atomic mass is 10.2. The summed E-state index contributed by atoms with van der Waals surface area (Å²) >= 11 is 1.52. The molecule has 0 spiro atoms. The van der Waals surface area contributed by atoms with Gasteiger partial charge in [-0.3, -0.25) is 0 Å². The Morgan fingerprint density at radius 2 is 1.76 bits per heavy atom. The highest BCUT2D eigenvalue weighted by molar-refractivity contribution is 7.11. The summed E-state index contributed by atoms with van der Waals surface area (Å²) in [6, 6.07) is 0.175. The van der Waals surface area contributed by atoms with Gasteiger partial charge in [-0.2, -0.15) is 0 Å². The molecule has 136 valence electrons. The van der Waals surface area contributed by atoms with Crippen LogP contribution in [-0.2, 0) is 13.1 Å². The van der Waals surface area contributed by atoms with E-state index in [0.29, 0.717) is 13.1 Å². The van der Waals surface area contributed by atoms with Crippen molar-refractivity contribution in [2.24, 2.45) is 4.99 Å². The van der Waals surface area contributed by atoms with Crippen LogP contribution in [0.3, 0.4) is 0 Å². The van der Waals surface area contributed by atoms with Crippen LogP contribution in [0.5, 0.6) is 0 Å². The van der Waals surface area contributed by atoms with Crippen molar-refractivity contribution in [1.29, 1.82) is 0 Å². The summed E-state index contributed by atoms with van der Waals surface area (Å²) in [4.78, 5) is 9.45. The monoisotopic (exact) mass is 374 g/mol. The zero-order valence-corrected chi connectivity index (χ0v) is 14.8. The molecule has 1 aromatic heterocycles. The van der Waals surface area contributed by atoms with E-state index < -0.39 is 35.4 Å². The maximum atomic E-state index is 13.7. The minimum absolute atomic E-state index is 0.175. The number of halogens is 4. The molecule has 2 rings (SSSR count). The first kappa shape index (κ1) is 19.2. The molecule has 1 heterocycles. The second-order valence-electron chi connectivity index (χ2n) is 5.24. The molecule has 0 amide bonds. The summed E-state index contributed by atoms with van der Waals surface area (Å²) in [6.45, 7) is 6.01. The van der Waals surface area contributed by atoms with E-state index in [1.165, 1.54) is 11.3 Å². The zero-order chi connectivity index (χ0) is 18.6. The summed E-state index contributed by atoms with van der Waals surface area (Å²) in [5, 5.41) is 6.69. The smallest absolute Gasteiger partial charge is 0.191 e. The molecule has 9 heteroatoms. The van der Waals surface area contributed by atoms with Crippen LogP contribution in [0.25, 0.3) is 0 Å². The molecule has 0 unspecified atom stereocenters. The number of nitrogens with zero attached hydrogens (tertiary/aromatic N) is 2. The third kappa shape index (κ3) is 4.68. The van der Waals surface area contributed by atoms with E-state index in [2.05, 4.69) is 20.6 Å². The third-order valence-corrected chi connectivity index (χ3v) is 4.49. The van der Waals surface area contributed by atoms with Gasteiger partial charge in [-0.1, -0.05) is 0 Å². The molecule has 0 radical (unpaired) electrons. The summed E-state index contributed by atoms with van der Waals surface area (Å²) in [7, 11) is 0. The highest BCUT2D eigenvalue weighted by atomic mass is 32.1. The van der Waals surface area contributed by atoms with Crippen LogP contribution < -0.4 is 10.6 Å². The fourth-order valence-electron chi connectivity index (χ4n) is 2.04. The van der Waals surface area contributed by atoms with Gasteiger partial charge in [0.1, 0.15) is 5.01 Å². The summed E-state index contributed by atoms with van der Waals surface area (Å²) < 4.78 is 53.8. The average Bonchev–Trinajstić information content (AvgIpc) is 2.88. The first-order chi connectivity index (χ1) is 11.8. The maximum absolute atomic E-state index is 13.7. The summed E-state index contributed by atoms with van der Waals surface area (Å²) in [5.41, 5.74) is 0.179. The van der Waals surface area contributed by atoms with Crippen molar-refractivity contribution in [3.05, 3.63) is 50.5 Å². The van der Waals surface area contributed by atoms with Crippen molar-refractivity contribution in [1.82, 2.24) is 15.6 Å². The van der Waals surface area contributed by atoms with E-state index in [-0.39, 0.29) is 12.0 Å². The van der Waals surface area contributed by atoms with Crippen LogP contribution in [0, 0.1) is 37.1 Å². The molecule has 2 N–H and O–H groups in total. The van der Waals surface area contributed by atoms with Gasteiger partial charge in [-0.05, 0) is 20.8 Å². The van der Waals surface area contributed by atoms with Gasteiger partial charge >= 0.3 is 0 Å². The van der Waals surface area contributed by atoms with E-state index in [9.17, 15) is 17.6 Å². The lowest BCUT2D eigenvalue weighted by Crippen LogP contribution is -2.36. The Morgan fingerprint density at radius 3 is 2.28 bits per heavy atom. The molecule has 4 nitrogen and oxygen atoms in total. The molecule has 1 aromatic carbocycles. The van der Waals surface area contributed by atoms with E-state index in [1.807, 2.05) is 20.8 Å². The number of nitrogens with one attached hydrogen (secondary N) is 2. The molecule has 2 aromatic rings. The SMILES string of the molecule is CCNC(=NCc1c(F)c(F)cc(F)c1F)NCc1nc(C)c(C)s1. The van der Waals surface area contributed by atoms with Gasteiger partial charge in [-0.25, -0.2) is 27.5 Å². The first-order valence-corrected chi connectivity index (χ1v) is 8.42. The normalized spacial score (nSPS) is 11.7. The minimum atomic E-state index is -1.45. The topological polar surface area (TPSA) is 49.3 Å². The van der Waals surface area contributed by atoms with Crippen LogP contribution in [-0.4, -0.2) is 17.5 Å². The molecule has 0 aliphatic rings. The number of hydrogen-bond donors (Lipinski definition) is 2. The van der Waals surface area contributed by atoms with Crippen LogP contribution in [0.2, 0.25) is 0 Å². The van der Waals surface area contributed by atoms with Crippen LogP contribution in [0.1, 0.15) is 28.1 Å². The number of thiazole rings is 1. The van der Waals surface area contributed by atoms with E-state index in [0.717, 1.165) is 15.6 Å². The molecule has 0 saturated carbocycles. The average molecular weight is 374 g/mol. The number of aromatic nitrogens is 1. The van der Waals surface area contributed by atoms with Gasteiger partial charge < -0.3 is 10.6 Å². The molecule has 0 atom stereocenters. The highest BCUT2D eigenvalue weighted by Gasteiger charge is 2.18. The number of aliphatic imine (C=N–C) groups is 1. The Kier molecular flexibility index (Phi) is 6.35. The molecule has 0 bridgehead atoms. The van der Waals surface area contributed by atoms with Crippen molar-refractivity contribution < 1.29 is 17.6 Å². The van der Waals surface area contributed by atoms with Crippen LogP contribution >= 0.6 is 11.3 Å². The zero-order valence-electron chi connectivity index (χ0n) is 14.0. The van der Waals surface area contributed by atoms with Crippen molar-refractivity contribution >= 4 is 17.3 Å². The predicted molar refractivity (Wildman–Crippen MR) is 89.5 cm³/mol. The Morgan fingerprint density at radius 1 is 1.12 bits per heavy atom. The highest BCUT2D eigenvalue weighted by Crippen LogP contribution is 2.20. The minimum Gasteiger partial charge on any atom is -0.357 e. The van der Waals surface area contributed by atoms with Crippen molar-refractivity contribution in [2.45, 2.75) is 33.9 Å². The lowest BCUT2D eigenvalue weighted by Gasteiger charge is -2.11. The maximum Gasteiger partial charge on any atom is 0.191 e. The Bertz CT molecular complexity index is 743. The van der Waals surface area contributed by atoms with Gasteiger partial charge in [0, 0.05) is 17.5 Å². The van der Waals surface area contributed by atoms with Gasteiger partial charge in [0.15, 0.2) is 29.2 Å². The van der Waals surface area contributed by atoms with Gasteiger partial charge in [-0.15, -0.1) is 11.3 Å². The number of rotatable bonds is 5. The second kappa shape index (κ2) is 8.28. The summed E-state index contributed by atoms with van der Waals surface area (Å²) in [5.74, 6) is -5.52. The molecular formula is C16H18F4N4S. The quantitative estimate of drug-likeness (QED) is 0.364. The third-order valence-electron chi connectivity index (χ3n) is 3.42. The van der Waals surface area contributed by atoms with Crippen molar-refractivity contribution in [2.75, 3.05) is 6.54 Å². The van der Waals surface area contributed by atoms with Gasteiger partial charge in [0.2, 0.25) is 0 Å². The predicted octanol–water partition coefficient (Wildman–Crippen LogP) is 3.57. The van der Waals surface area contributed by atoms with Gasteiger partial charge in [0.05, 0.1) is 24.3 Å². The molecule has 25 heavy (non-hydrogen) atoms. The number of hydrogen-bond acceptors (Lipinski definition) is 3. The van der Waals surface area contributed by atoms with E-state index >= 15 is 0 Å². The van der Waals surface area contributed by atoms with Crippen LogP contribution in [0.4, 0.5) is 17.6 Å². The van der Waals surface area contributed by atoms with Gasteiger partial charge in [0.25, 0.3) is 0 Å². The molecule has 0 aliphatic carbocycles. The van der Waals surface area contributed by atoms with Crippen molar-refractivity contribution in [3.8, 4) is 0 Å². The number of guanidine groups is 1. The lowest BCUT2D eigenvalue weighted by molar-refractivity contribution is 0.439.